The minimum absolute atomic E-state index is 0.295. The summed E-state index contributed by atoms with van der Waals surface area (Å²) in [6.07, 6.45) is 3.16. The summed E-state index contributed by atoms with van der Waals surface area (Å²) >= 11 is 4.72. The zero-order valence-electron chi connectivity index (χ0n) is 7.98. The highest BCUT2D eigenvalue weighted by Gasteiger charge is 2.01. The predicted molar refractivity (Wildman–Crippen MR) is 68.1 cm³/mol. The van der Waals surface area contributed by atoms with Crippen molar-refractivity contribution in [3.63, 3.8) is 0 Å². The normalized spacial score (nSPS) is 10.8. The molecule has 0 amide bonds. The van der Waals surface area contributed by atoms with E-state index in [1.165, 1.54) is 6.20 Å². The molecule has 5 nitrogen and oxygen atoms in total. The van der Waals surface area contributed by atoms with Gasteiger partial charge >= 0.3 is 0 Å². The van der Waals surface area contributed by atoms with Crippen molar-refractivity contribution in [3.05, 3.63) is 43.4 Å². The van der Waals surface area contributed by atoms with Crippen LogP contribution in [0.3, 0.4) is 0 Å². The van der Waals surface area contributed by atoms with E-state index in [9.17, 15) is 4.79 Å². The first-order valence-electron chi connectivity index (χ1n) is 4.33. The van der Waals surface area contributed by atoms with E-state index in [1.807, 2.05) is 17.5 Å². The molecule has 2 heterocycles. The van der Waals surface area contributed by atoms with E-state index in [0.29, 0.717) is 10.2 Å². The second-order valence-electron chi connectivity index (χ2n) is 2.81. The molecule has 7 heteroatoms. The zero-order valence-corrected chi connectivity index (χ0v) is 10.4. The van der Waals surface area contributed by atoms with E-state index in [1.54, 1.807) is 17.6 Å². The molecule has 16 heavy (non-hydrogen) atoms. The summed E-state index contributed by atoms with van der Waals surface area (Å²) in [7, 11) is 0. The standard InChI is InChI=1S/C9H7BrN4OS/c10-8-7(5-12-14-9(8)15)13-11-4-6-2-1-3-16-6/h1-5H,(H2,13,14,15). The largest absolute Gasteiger partial charge is 0.280 e. The molecule has 2 rings (SSSR count). The van der Waals surface area contributed by atoms with Crippen molar-refractivity contribution < 1.29 is 0 Å². The summed E-state index contributed by atoms with van der Waals surface area (Å²) in [5, 5.41) is 11.9. The van der Waals surface area contributed by atoms with Crippen molar-refractivity contribution in [2.75, 3.05) is 5.43 Å². The molecular weight excluding hydrogens is 292 g/mol. The van der Waals surface area contributed by atoms with Gasteiger partial charge in [-0.1, -0.05) is 6.07 Å². The van der Waals surface area contributed by atoms with E-state index in [2.05, 4.69) is 36.7 Å². The van der Waals surface area contributed by atoms with Crippen LogP contribution in [0.2, 0.25) is 0 Å². The van der Waals surface area contributed by atoms with Crippen molar-refractivity contribution in [1.29, 1.82) is 0 Å². The van der Waals surface area contributed by atoms with Gasteiger partial charge in [0, 0.05) is 4.88 Å². The van der Waals surface area contributed by atoms with Crippen molar-refractivity contribution >= 4 is 39.2 Å². The van der Waals surface area contributed by atoms with Crippen LogP contribution < -0.4 is 11.0 Å². The molecule has 0 spiro atoms. The number of aromatic nitrogens is 2. The molecule has 0 radical (unpaired) electrons. The number of thiophene rings is 1. The molecule has 0 aliphatic carbocycles. The summed E-state index contributed by atoms with van der Waals surface area (Å²) in [5.41, 5.74) is 2.97. The molecule has 0 aliphatic heterocycles. The Morgan fingerprint density at radius 3 is 3.25 bits per heavy atom. The highest BCUT2D eigenvalue weighted by atomic mass is 79.9. The molecule has 2 aromatic rings. The van der Waals surface area contributed by atoms with Crippen LogP contribution in [-0.2, 0) is 0 Å². The first-order valence-corrected chi connectivity index (χ1v) is 6.00. The Balaban J connectivity index is 2.11. The monoisotopic (exact) mass is 298 g/mol. The molecule has 0 aliphatic rings. The van der Waals surface area contributed by atoms with Crippen LogP contribution in [0.4, 0.5) is 5.69 Å². The van der Waals surface area contributed by atoms with Crippen LogP contribution in [0, 0.1) is 0 Å². The molecule has 0 aromatic carbocycles. The fourth-order valence-electron chi connectivity index (χ4n) is 0.992. The Morgan fingerprint density at radius 1 is 1.62 bits per heavy atom. The van der Waals surface area contributed by atoms with E-state index < -0.39 is 0 Å². The average molecular weight is 299 g/mol. The highest BCUT2D eigenvalue weighted by molar-refractivity contribution is 9.10. The maximum Gasteiger partial charge on any atom is 0.280 e. The first-order chi connectivity index (χ1) is 7.77. The molecule has 0 unspecified atom stereocenters. The van der Waals surface area contributed by atoms with Crippen LogP contribution in [0.25, 0.3) is 0 Å². The van der Waals surface area contributed by atoms with Crippen LogP contribution in [0.15, 0.2) is 38.1 Å². The molecule has 0 saturated heterocycles. The quantitative estimate of drug-likeness (QED) is 0.673. The van der Waals surface area contributed by atoms with Gasteiger partial charge < -0.3 is 0 Å². The van der Waals surface area contributed by atoms with E-state index in [4.69, 9.17) is 0 Å². The highest BCUT2D eigenvalue weighted by Crippen LogP contribution is 2.15. The lowest BCUT2D eigenvalue weighted by Crippen LogP contribution is -2.10. The molecule has 2 N–H and O–H groups in total. The zero-order chi connectivity index (χ0) is 11.4. The molecule has 0 saturated carbocycles. The van der Waals surface area contributed by atoms with E-state index >= 15 is 0 Å². The van der Waals surface area contributed by atoms with Crippen molar-refractivity contribution in [2.45, 2.75) is 0 Å². The number of aromatic amines is 1. The van der Waals surface area contributed by atoms with Gasteiger partial charge in [-0.2, -0.15) is 10.2 Å². The van der Waals surface area contributed by atoms with Gasteiger partial charge in [-0.05, 0) is 27.4 Å². The van der Waals surface area contributed by atoms with Gasteiger partial charge in [-0.25, -0.2) is 5.10 Å². The molecular formula is C9H7BrN4OS. The Labute approximate surface area is 103 Å². The number of anilines is 1. The maximum absolute atomic E-state index is 11.2. The Kier molecular flexibility index (Phi) is 3.47. The molecule has 0 bridgehead atoms. The minimum Gasteiger partial charge on any atom is -0.275 e. The smallest absolute Gasteiger partial charge is 0.275 e. The maximum atomic E-state index is 11.2. The van der Waals surface area contributed by atoms with Gasteiger partial charge in [-0.3, -0.25) is 10.2 Å². The van der Waals surface area contributed by atoms with Gasteiger partial charge in [-0.15, -0.1) is 11.3 Å². The Morgan fingerprint density at radius 2 is 2.50 bits per heavy atom. The lowest BCUT2D eigenvalue weighted by molar-refractivity contribution is 0.977. The Bertz CT molecular complexity index is 549. The van der Waals surface area contributed by atoms with Gasteiger partial charge in [0.15, 0.2) is 0 Å². The number of hydrazone groups is 1. The summed E-state index contributed by atoms with van der Waals surface area (Å²) in [4.78, 5) is 12.2. The average Bonchev–Trinajstić information content (AvgIpc) is 2.77. The molecule has 82 valence electrons. The molecule has 0 fully saturated rings. The second kappa shape index (κ2) is 5.04. The molecule has 2 aromatic heterocycles. The fourth-order valence-corrected chi connectivity index (χ4v) is 1.86. The first kappa shape index (κ1) is 11.0. The fraction of sp³-hybridized carbons (Fsp3) is 0. The van der Waals surface area contributed by atoms with Crippen molar-refractivity contribution in [1.82, 2.24) is 10.2 Å². The third kappa shape index (κ3) is 2.56. The second-order valence-corrected chi connectivity index (χ2v) is 4.58. The van der Waals surface area contributed by atoms with Gasteiger partial charge in [0.2, 0.25) is 0 Å². The number of nitrogens with zero attached hydrogens (tertiary/aromatic N) is 2. The predicted octanol–water partition coefficient (Wildman–Crippen LogP) is 2.04. The van der Waals surface area contributed by atoms with Gasteiger partial charge in [0.05, 0.1) is 18.1 Å². The summed E-state index contributed by atoms with van der Waals surface area (Å²) in [6.45, 7) is 0. The molecule has 0 atom stereocenters. The van der Waals surface area contributed by atoms with Crippen molar-refractivity contribution in [2.24, 2.45) is 5.10 Å². The number of hydrogen-bond donors (Lipinski definition) is 2. The van der Waals surface area contributed by atoms with E-state index in [0.717, 1.165) is 4.88 Å². The van der Waals surface area contributed by atoms with Gasteiger partial charge in [0.25, 0.3) is 5.56 Å². The lowest BCUT2D eigenvalue weighted by Gasteiger charge is -1.99. The lowest BCUT2D eigenvalue weighted by atomic mass is 10.5. The van der Waals surface area contributed by atoms with Crippen molar-refractivity contribution in [3.8, 4) is 0 Å². The van der Waals surface area contributed by atoms with Gasteiger partial charge in [0.1, 0.15) is 4.47 Å². The number of H-pyrrole nitrogens is 1. The van der Waals surface area contributed by atoms with Crippen LogP contribution in [-0.4, -0.2) is 16.4 Å². The number of nitrogens with one attached hydrogen (secondary N) is 2. The number of rotatable bonds is 3. The minimum atomic E-state index is -0.295. The van der Waals surface area contributed by atoms with Crippen LogP contribution >= 0.6 is 27.3 Å². The van der Waals surface area contributed by atoms with Crippen LogP contribution in [0.1, 0.15) is 4.88 Å². The summed E-state index contributed by atoms with van der Waals surface area (Å²) < 4.78 is 0.380. The number of hydrogen-bond acceptors (Lipinski definition) is 5. The Hall–Kier alpha value is -1.47. The van der Waals surface area contributed by atoms with E-state index in [-0.39, 0.29) is 5.56 Å². The van der Waals surface area contributed by atoms with Crippen LogP contribution in [0.5, 0.6) is 0 Å². The third-order valence-corrected chi connectivity index (χ3v) is 3.31. The summed E-state index contributed by atoms with van der Waals surface area (Å²) in [5.74, 6) is 0. The third-order valence-electron chi connectivity index (χ3n) is 1.72. The summed E-state index contributed by atoms with van der Waals surface area (Å²) in [6, 6.07) is 3.89. The topological polar surface area (TPSA) is 70.1 Å². The number of halogens is 1. The SMILES string of the molecule is O=c1[nH]ncc(NN=Cc2cccs2)c1Br.